The average Bonchev–Trinajstić information content (AvgIpc) is 3.58. The number of amides is 1. The molecule has 1 unspecified atom stereocenters. The Labute approximate surface area is 190 Å². The predicted molar refractivity (Wildman–Crippen MR) is 124 cm³/mol. The third-order valence-electron chi connectivity index (χ3n) is 5.90. The zero-order valence-electron chi connectivity index (χ0n) is 18.2. The number of aromatic amines is 1. The van der Waals surface area contributed by atoms with Crippen molar-refractivity contribution >= 4 is 28.2 Å². The van der Waals surface area contributed by atoms with E-state index in [0.717, 1.165) is 41.7 Å². The molecule has 1 aliphatic heterocycles. The first-order valence-electron chi connectivity index (χ1n) is 10.7. The molecule has 1 fully saturated rings. The fourth-order valence-electron chi connectivity index (χ4n) is 4.16. The van der Waals surface area contributed by atoms with Gasteiger partial charge in [0.25, 0.3) is 5.91 Å². The van der Waals surface area contributed by atoms with Gasteiger partial charge in [-0.05, 0) is 42.3 Å². The molecule has 0 radical (unpaired) electrons. The molecular weight excluding hydrogens is 418 g/mol. The van der Waals surface area contributed by atoms with Gasteiger partial charge in [0.2, 0.25) is 0 Å². The molecule has 1 saturated heterocycles. The van der Waals surface area contributed by atoms with Gasteiger partial charge in [0.1, 0.15) is 0 Å². The maximum Gasteiger partial charge on any atom is 0.276 e. The highest BCUT2D eigenvalue weighted by molar-refractivity contribution is 6.11. The fourth-order valence-corrected chi connectivity index (χ4v) is 4.16. The number of carbonyl (C=O) groups is 1. The van der Waals surface area contributed by atoms with E-state index in [2.05, 4.69) is 31.6 Å². The molecule has 5 rings (SSSR count). The van der Waals surface area contributed by atoms with Crippen LogP contribution in [0.25, 0.3) is 10.9 Å². The molecule has 0 bridgehead atoms. The van der Waals surface area contributed by atoms with Gasteiger partial charge in [-0.2, -0.15) is 15.5 Å². The SMILES string of the molecule is COC1CCN(c2ccc3c(C(=O)Nc4cnn(Cc5cccc(C#N)c5)c4)n[nH]c3c2)C1. The number of anilines is 2. The molecule has 1 atom stereocenters. The Morgan fingerprint density at radius 1 is 1.33 bits per heavy atom. The first-order chi connectivity index (χ1) is 16.1. The van der Waals surface area contributed by atoms with Crippen LogP contribution in [0, 0.1) is 11.3 Å². The number of carbonyl (C=O) groups excluding carboxylic acids is 1. The summed E-state index contributed by atoms with van der Waals surface area (Å²) in [4.78, 5) is 15.1. The topological polar surface area (TPSA) is 112 Å². The van der Waals surface area contributed by atoms with Crippen molar-refractivity contribution in [1.82, 2.24) is 20.0 Å². The Morgan fingerprint density at radius 2 is 2.24 bits per heavy atom. The average molecular weight is 441 g/mol. The number of nitrogens with one attached hydrogen (secondary N) is 2. The Hall–Kier alpha value is -4.16. The number of hydrogen-bond donors (Lipinski definition) is 2. The molecule has 2 aromatic carbocycles. The van der Waals surface area contributed by atoms with Crippen LogP contribution in [0.15, 0.2) is 54.9 Å². The second kappa shape index (κ2) is 8.76. The first kappa shape index (κ1) is 20.7. The number of rotatable bonds is 6. The van der Waals surface area contributed by atoms with Crippen LogP contribution in [-0.4, -0.2) is 52.2 Å². The van der Waals surface area contributed by atoms with E-state index in [1.807, 2.05) is 36.4 Å². The first-order valence-corrected chi connectivity index (χ1v) is 10.7. The van der Waals surface area contributed by atoms with Crippen molar-refractivity contribution in [3.8, 4) is 6.07 Å². The number of methoxy groups -OCH3 is 1. The molecule has 166 valence electrons. The summed E-state index contributed by atoms with van der Waals surface area (Å²) in [5, 5.41) is 24.2. The van der Waals surface area contributed by atoms with Crippen LogP contribution in [0.3, 0.4) is 0 Å². The minimum atomic E-state index is -0.305. The molecule has 9 heteroatoms. The lowest BCUT2D eigenvalue weighted by molar-refractivity contribution is 0.102. The molecule has 4 aromatic rings. The predicted octanol–water partition coefficient (Wildman–Crippen LogP) is 3.16. The number of nitrogens with zero attached hydrogens (tertiary/aromatic N) is 5. The number of hydrogen-bond acceptors (Lipinski definition) is 6. The number of aromatic nitrogens is 4. The molecule has 2 N–H and O–H groups in total. The Morgan fingerprint density at radius 3 is 3.06 bits per heavy atom. The maximum atomic E-state index is 12.9. The van der Waals surface area contributed by atoms with Crippen molar-refractivity contribution in [2.45, 2.75) is 19.1 Å². The van der Waals surface area contributed by atoms with Gasteiger partial charge < -0.3 is 15.0 Å². The minimum Gasteiger partial charge on any atom is -0.380 e. The lowest BCUT2D eigenvalue weighted by atomic mass is 10.1. The number of H-pyrrole nitrogens is 1. The molecule has 0 aliphatic carbocycles. The molecule has 9 nitrogen and oxygen atoms in total. The summed E-state index contributed by atoms with van der Waals surface area (Å²) in [5.41, 5.74) is 4.36. The van der Waals surface area contributed by atoms with E-state index in [1.165, 1.54) is 0 Å². The van der Waals surface area contributed by atoms with Crippen molar-refractivity contribution in [2.75, 3.05) is 30.4 Å². The van der Waals surface area contributed by atoms with Gasteiger partial charge in [0.05, 0.1) is 41.7 Å². The summed E-state index contributed by atoms with van der Waals surface area (Å²) in [7, 11) is 1.74. The van der Waals surface area contributed by atoms with Crippen LogP contribution in [0.4, 0.5) is 11.4 Å². The quantitative estimate of drug-likeness (QED) is 0.475. The lowest BCUT2D eigenvalue weighted by Crippen LogP contribution is -2.21. The van der Waals surface area contributed by atoms with E-state index >= 15 is 0 Å². The highest BCUT2D eigenvalue weighted by Gasteiger charge is 2.23. The van der Waals surface area contributed by atoms with Crippen LogP contribution >= 0.6 is 0 Å². The van der Waals surface area contributed by atoms with Crippen LogP contribution in [-0.2, 0) is 11.3 Å². The van der Waals surface area contributed by atoms with Crippen LogP contribution in [0.5, 0.6) is 0 Å². The number of fused-ring (bicyclic) bond motifs is 1. The highest BCUT2D eigenvalue weighted by Crippen LogP contribution is 2.27. The van der Waals surface area contributed by atoms with Gasteiger partial charge in [0, 0.05) is 37.5 Å². The van der Waals surface area contributed by atoms with E-state index in [4.69, 9.17) is 10.00 Å². The van der Waals surface area contributed by atoms with Crippen molar-refractivity contribution in [1.29, 1.82) is 5.26 Å². The smallest absolute Gasteiger partial charge is 0.276 e. The van der Waals surface area contributed by atoms with Crippen molar-refractivity contribution < 1.29 is 9.53 Å². The van der Waals surface area contributed by atoms with Crippen molar-refractivity contribution in [2.24, 2.45) is 0 Å². The summed E-state index contributed by atoms with van der Waals surface area (Å²) in [6.45, 7) is 2.30. The van der Waals surface area contributed by atoms with E-state index in [-0.39, 0.29) is 12.0 Å². The zero-order chi connectivity index (χ0) is 22.8. The number of benzene rings is 2. The van der Waals surface area contributed by atoms with Crippen molar-refractivity contribution in [3.63, 3.8) is 0 Å². The molecule has 0 spiro atoms. The fraction of sp³-hybridized carbons (Fsp3) is 0.250. The minimum absolute atomic E-state index is 0.250. The second-order valence-electron chi connectivity index (χ2n) is 8.09. The maximum absolute atomic E-state index is 12.9. The van der Waals surface area contributed by atoms with Gasteiger partial charge in [-0.15, -0.1) is 0 Å². The van der Waals surface area contributed by atoms with Gasteiger partial charge >= 0.3 is 0 Å². The molecule has 3 heterocycles. The van der Waals surface area contributed by atoms with Crippen LogP contribution in [0.2, 0.25) is 0 Å². The molecule has 33 heavy (non-hydrogen) atoms. The van der Waals surface area contributed by atoms with Crippen LogP contribution < -0.4 is 10.2 Å². The van der Waals surface area contributed by atoms with E-state index in [1.54, 1.807) is 30.3 Å². The summed E-state index contributed by atoms with van der Waals surface area (Å²) in [6, 6.07) is 15.4. The molecule has 2 aromatic heterocycles. The summed E-state index contributed by atoms with van der Waals surface area (Å²) in [5.74, 6) is -0.305. The van der Waals surface area contributed by atoms with Gasteiger partial charge in [-0.25, -0.2) is 0 Å². The summed E-state index contributed by atoms with van der Waals surface area (Å²) >= 11 is 0. The second-order valence-corrected chi connectivity index (χ2v) is 8.09. The largest absolute Gasteiger partial charge is 0.380 e. The van der Waals surface area contributed by atoms with Crippen LogP contribution in [0.1, 0.15) is 28.0 Å². The van der Waals surface area contributed by atoms with E-state index in [0.29, 0.717) is 23.5 Å². The summed E-state index contributed by atoms with van der Waals surface area (Å²) < 4.78 is 7.17. The molecule has 1 amide bonds. The zero-order valence-corrected chi connectivity index (χ0v) is 18.2. The highest BCUT2D eigenvalue weighted by atomic mass is 16.5. The third-order valence-corrected chi connectivity index (χ3v) is 5.90. The van der Waals surface area contributed by atoms with Gasteiger partial charge in [-0.1, -0.05) is 12.1 Å². The molecule has 0 saturated carbocycles. The summed E-state index contributed by atoms with van der Waals surface area (Å²) in [6.07, 6.45) is 4.60. The third kappa shape index (κ3) is 4.29. The van der Waals surface area contributed by atoms with E-state index in [9.17, 15) is 4.79 Å². The molecule has 1 aliphatic rings. The normalized spacial score (nSPS) is 15.6. The Kier molecular flexibility index (Phi) is 5.50. The monoisotopic (exact) mass is 441 g/mol. The number of ether oxygens (including phenoxy) is 1. The van der Waals surface area contributed by atoms with Crippen molar-refractivity contribution in [3.05, 3.63) is 71.7 Å². The van der Waals surface area contributed by atoms with Gasteiger partial charge in [0.15, 0.2) is 5.69 Å². The Bertz CT molecular complexity index is 1350. The standard InChI is InChI=1S/C24H23N7O2/c1-33-20-7-8-30(15-20)19-5-6-21-22(10-19)28-29-23(21)24(32)27-18-12-26-31(14-18)13-17-4-2-3-16(9-17)11-25/h2-6,9-10,12,14,20H,7-8,13,15H2,1H3,(H,27,32)(H,28,29). The number of nitriles is 1. The Balaban J connectivity index is 1.28. The van der Waals surface area contributed by atoms with Gasteiger partial charge in [-0.3, -0.25) is 14.6 Å². The molecular formula is C24H23N7O2. The lowest BCUT2D eigenvalue weighted by Gasteiger charge is -2.18. The van der Waals surface area contributed by atoms with E-state index < -0.39 is 0 Å².